The van der Waals surface area contributed by atoms with E-state index in [1.165, 1.54) is 0 Å². The molecule has 1 aromatic heterocycles. The van der Waals surface area contributed by atoms with Crippen molar-refractivity contribution >= 4 is 0 Å². The minimum atomic E-state index is -0.0559. The van der Waals surface area contributed by atoms with Gasteiger partial charge in [0.15, 0.2) is 5.89 Å². The van der Waals surface area contributed by atoms with Gasteiger partial charge < -0.3 is 14.4 Å². The van der Waals surface area contributed by atoms with Crippen LogP contribution in [0.1, 0.15) is 30.4 Å². The molecule has 78 valence electrons. The van der Waals surface area contributed by atoms with E-state index in [4.69, 9.17) is 9.52 Å². The van der Waals surface area contributed by atoms with Crippen LogP contribution in [-0.2, 0) is 6.61 Å². The van der Waals surface area contributed by atoms with Crippen LogP contribution in [0.15, 0.2) is 10.6 Å². The van der Waals surface area contributed by atoms with Gasteiger partial charge in [-0.2, -0.15) is 0 Å². The summed E-state index contributed by atoms with van der Waals surface area (Å²) in [6.07, 6.45) is 3.82. The number of aromatic nitrogens is 1. The number of aliphatic hydroxyl groups excluding tert-OH is 1. The first-order valence-corrected chi connectivity index (χ1v) is 5.03. The number of hydrogen-bond donors (Lipinski definition) is 1. The van der Waals surface area contributed by atoms with Crippen molar-refractivity contribution in [3.05, 3.63) is 17.8 Å². The Balaban J connectivity index is 2.01. The van der Waals surface area contributed by atoms with E-state index >= 15 is 0 Å². The van der Waals surface area contributed by atoms with Gasteiger partial charge in [0.2, 0.25) is 0 Å². The molecule has 2 heterocycles. The lowest BCUT2D eigenvalue weighted by Crippen LogP contribution is -2.29. The van der Waals surface area contributed by atoms with Crippen LogP contribution < -0.4 is 0 Å². The number of likely N-dealkylation sites (tertiary alicyclic amines) is 1. The topological polar surface area (TPSA) is 49.5 Å². The highest BCUT2D eigenvalue weighted by atomic mass is 16.4. The zero-order valence-electron chi connectivity index (χ0n) is 8.44. The van der Waals surface area contributed by atoms with E-state index in [-0.39, 0.29) is 6.61 Å². The lowest BCUT2D eigenvalue weighted by atomic mass is 9.97. The zero-order chi connectivity index (χ0) is 9.97. The number of aliphatic hydroxyl groups is 1. The van der Waals surface area contributed by atoms with Gasteiger partial charge in [-0.3, -0.25) is 0 Å². The molecule has 0 bridgehead atoms. The second kappa shape index (κ2) is 4.11. The highest BCUT2D eigenvalue weighted by Gasteiger charge is 2.22. The summed E-state index contributed by atoms with van der Waals surface area (Å²) < 4.78 is 5.43. The van der Waals surface area contributed by atoms with Gasteiger partial charge in [0.25, 0.3) is 0 Å². The van der Waals surface area contributed by atoms with Gasteiger partial charge in [0.1, 0.15) is 12.4 Å². The second-order valence-corrected chi connectivity index (χ2v) is 3.90. The first-order chi connectivity index (χ1) is 6.79. The average molecular weight is 196 g/mol. The van der Waals surface area contributed by atoms with E-state index in [1.54, 1.807) is 6.20 Å². The maximum absolute atomic E-state index is 8.85. The van der Waals surface area contributed by atoms with Gasteiger partial charge in [-0.05, 0) is 33.0 Å². The van der Waals surface area contributed by atoms with E-state index in [9.17, 15) is 0 Å². The zero-order valence-corrected chi connectivity index (χ0v) is 8.44. The summed E-state index contributed by atoms with van der Waals surface area (Å²) in [7, 11) is 2.13. The van der Waals surface area contributed by atoms with Gasteiger partial charge in [-0.25, -0.2) is 4.98 Å². The van der Waals surface area contributed by atoms with Gasteiger partial charge in [0, 0.05) is 5.92 Å². The fraction of sp³-hybridized carbons (Fsp3) is 0.700. The molecule has 0 aromatic carbocycles. The maximum atomic E-state index is 8.85. The monoisotopic (exact) mass is 196 g/mol. The molecule has 0 amide bonds. The molecule has 1 fully saturated rings. The Labute approximate surface area is 83.5 Å². The van der Waals surface area contributed by atoms with Crippen molar-refractivity contribution in [1.29, 1.82) is 0 Å². The lowest BCUT2D eigenvalue weighted by Gasteiger charge is -2.26. The number of oxazole rings is 1. The molecule has 4 heteroatoms. The third kappa shape index (κ3) is 1.96. The van der Waals surface area contributed by atoms with Crippen LogP contribution in [-0.4, -0.2) is 35.1 Å². The quantitative estimate of drug-likeness (QED) is 0.766. The van der Waals surface area contributed by atoms with Crippen LogP contribution in [0.25, 0.3) is 0 Å². The summed E-state index contributed by atoms with van der Waals surface area (Å²) in [4.78, 5) is 6.50. The van der Waals surface area contributed by atoms with Crippen LogP contribution in [0.3, 0.4) is 0 Å². The van der Waals surface area contributed by atoms with Crippen LogP contribution in [0.5, 0.6) is 0 Å². The SMILES string of the molecule is CN1CCC(c2ncc(CO)o2)CC1. The molecule has 0 spiro atoms. The van der Waals surface area contributed by atoms with Crippen LogP contribution in [0, 0.1) is 0 Å². The third-order valence-electron chi connectivity index (χ3n) is 2.80. The summed E-state index contributed by atoms with van der Waals surface area (Å²) >= 11 is 0. The lowest BCUT2D eigenvalue weighted by molar-refractivity contribution is 0.217. The molecule has 1 aliphatic heterocycles. The first kappa shape index (κ1) is 9.68. The van der Waals surface area contributed by atoms with Crippen molar-refractivity contribution in [2.24, 2.45) is 0 Å². The Bertz CT molecular complexity index is 290. The van der Waals surface area contributed by atoms with Gasteiger partial charge in [-0.15, -0.1) is 0 Å². The molecule has 1 saturated heterocycles. The predicted octanol–water partition coefficient (Wildman–Crippen LogP) is 0.976. The summed E-state index contributed by atoms with van der Waals surface area (Å²) in [5.74, 6) is 1.80. The van der Waals surface area contributed by atoms with E-state index < -0.39 is 0 Å². The maximum Gasteiger partial charge on any atom is 0.197 e. The molecule has 0 aliphatic carbocycles. The Morgan fingerprint density at radius 1 is 1.57 bits per heavy atom. The molecular formula is C10H16N2O2. The number of nitrogens with zero attached hydrogens (tertiary/aromatic N) is 2. The molecule has 0 unspecified atom stereocenters. The van der Waals surface area contributed by atoms with Gasteiger partial charge in [-0.1, -0.05) is 0 Å². The van der Waals surface area contributed by atoms with E-state index in [2.05, 4.69) is 16.9 Å². The fourth-order valence-corrected chi connectivity index (χ4v) is 1.84. The molecule has 1 N–H and O–H groups in total. The minimum absolute atomic E-state index is 0.0559. The van der Waals surface area contributed by atoms with Crippen LogP contribution in [0.2, 0.25) is 0 Å². The van der Waals surface area contributed by atoms with Crippen molar-refractivity contribution in [3.63, 3.8) is 0 Å². The molecule has 2 rings (SSSR count). The van der Waals surface area contributed by atoms with Crippen LogP contribution >= 0.6 is 0 Å². The van der Waals surface area contributed by atoms with Crippen molar-refractivity contribution in [1.82, 2.24) is 9.88 Å². The van der Waals surface area contributed by atoms with Gasteiger partial charge >= 0.3 is 0 Å². The van der Waals surface area contributed by atoms with E-state index in [0.29, 0.717) is 11.7 Å². The van der Waals surface area contributed by atoms with E-state index in [0.717, 1.165) is 31.8 Å². The van der Waals surface area contributed by atoms with Crippen molar-refractivity contribution in [3.8, 4) is 0 Å². The Hall–Kier alpha value is -0.870. The van der Waals surface area contributed by atoms with Crippen molar-refractivity contribution < 1.29 is 9.52 Å². The highest BCUT2D eigenvalue weighted by molar-refractivity contribution is 4.99. The summed E-state index contributed by atoms with van der Waals surface area (Å²) in [6.45, 7) is 2.14. The average Bonchev–Trinajstić information content (AvgIpc) is 2.67. The first-order valence-electron chi connectivity index (χ1n) is 5.03. The molecule has 1 aliphatic rings. The fourth-order valence-electron chi connectivity index (χ4n) is 1.84. The molecule has 0 atom stereocenters. The molecule has 0 radical (unpaired) electrons. The van der Waals surface area contributed by atoms with Crippen molar-refractivity contribution in [2.45, 2.75) is 25.4 Å². The summed E-state index contributed by atoms with van der Waals surface area (Å²) in [5, 5.41) is 8.85. The Morgan fingerprint density at radius 3 is 2.86 bits per heavy atom. The normalized spacial score (nSPS) is 20.1. The van der Waals surface area contributed by atoms with Crippen molar-refractivity contribution in [2.75, 3.05) is 20.1 Å². The Morgan fingerprint density at radius 2 is 2.29 bits per heavy atom. The minimum Gasteiger partial charge on any atom is -0.443 e. The highest BCUT2D eigenvalue weighted by Crippen LogP contribution is 2.26. The second-order valence-electron chi connectivity index (χ2n) is 3.90. The predicted molar refractivity (Wildman–Crippen MR) is 51.9 cm³/mol. The van der Waals surface area contributed by atoms with Crippen LogP contribution in [0.4, 0.5) is 0 Å². The number of rotatable bonds is 2. The molecule has 14 heavy (non-hydrogen) atoms. The number of hydrogen-bond acceptors (Lipinski definition) is 4. The largest absolute Gasteiger partial charge is 0.443 e. The smallest absolute Gasteiger partial charge is 0.197 e. The molecule has 1 aromatic rings. The Kier molecular flexibility index (Phi) is 2.84. The molecule has 4 nitrogen and oxygen atoms in total. The van der Waals surface area contributed by atoms with E-state index in [1.807, 2.05) is 0 Å². The summed E-state index contributed by atoms with van der Waals surface area (Å²) in [5.41, 5.74) is 0. The van der Waals surface area contributed by atoms with Gasteiger partial charge in [0.05, 0.1) is 6.20 Å². The molecular weight excluding hydrogens is 180 g/mol. The summed E-state index contributed by atoms with van der Waals surface area (Å²) in [6, 6.07) is 0. The third-order valence-corrected chi connectivity index (χ3v) is 2.80. The number of piperidine rings is 1. The standard InChI is InChI=1S/C10H16N2O2/c1-12-4-2-8(3-5-12)10-11-6-9(7-13)14-10/h6,8,13H,2-5,7H2,1H3. The molecule has 0 saturated carbocycles.